The highest BCUT2D eigenvalue weighted by Gasteiger charge is 2.06. The van der Waals surface area contributed by atoms with Crippen LogP contribution in [0.15, 0.2) is 46.6 Å². The van der Waals surface area contributed by atoms with Crippen LogP contribution in [-0.2, 0) is 7.05 Å². The normalized spacial score (nSPS) is 12.6. The first-order chi connectivity index (χ1) is 13.0. The molecule has 2 aromatic heterocycles. The Kier molecular flexibility index (Phi) is 6.08. The van der Waals surface area contributed by atoms with E-state index >= 15 is 0 Å². The van der Waals surface area contributed by atoms with Gasteiger partial charge in [-0.2, -0.15) is 0 Å². The minimum absolute atomic E-state index is 0.0722. The van der Waals surface area contributed by atoms with Gasteiger partial charge in [0.15, 0.2) is 5.78 Å². The van der Waals surface area contributed by atoms with Crippen molar-refractivity contribution in [3.63, 3.8) is 0 Å². The van der Waals surface area contributed by atoms with E-state index in [1.54, 1.807) is 19.2 Å². The second-order valence-electron chi connectivity index (χ2n) is 6.06. The number of nitrogens with zero attached hydrogens (tertiary/aromatic N) is 2. The number of ketones is 1. The number of Topliss-reactive ketones (excluding diaryl/α,β-unsaturated/α-hetero) is 1. The van der Waals surface area contributed by atoms with Crippen molar-refractivity contribution in [3.8, 4) is 0 Å². The van der Waals surface area contributed by atoms with Crippen LogP contribution in [0.25, 0.3) is 12.2 Å². The fourth-order valence-electron chi connectivity index (χ4n) is 2.83. The number of rotatable bonds is 6. The van der Waals surface area contributed by atoms with Gasteiger partial charge in [0, 0.05) is 31.9 Å². The van der Waals surface area contributed by atoms with Crippen LogP contribution in [0, 0.1) is 0 Å². The van der Waals surface area contributed by atoms with Crippen molar-refractivity contribution < 1.29 is 4.79 Å². The fraction of sp³-hybridized carbons (Fsp3) is 0.238. The maximum atomic E-state index is 12.5. The van der Waals surface area contributed by atoms with Crippen molar-refractivity contribution in [2.75, 3.05) is 18.0 Å². The van der Waals surface area contributed by atoms with Gasteiger partial charge < -0.3 is 9.47 Å². The largest absolute Gasteiger partial charge is 0.372 e. The van der Waals surface area contributed by atoms with E-state index in [-0.39, 0.29) is 11.3 Å². The average Bonchev–Trinajstić information content (AvgIpc) is 3.30. The van der Waals surface area contributed by atoms with Crippen LogP contribution in [0.2, 0.25) is 0 Å². The average molecular weight is 399 g/mol. The van der Waals surface area contributed by atoms with Crippen LogP contribution in [0.3, 0.4) is 0 Å². The molecule has 0 radical (unpaired) electrons. The molecule has 0 spiro atoms. The summed E-state index contributed by atoms with van der Waals surface area (Å²) in [6.07, 6.45) is 3.42. The molecule has 27 heavy (non-hydrogen) atoms. The molecule has 0 amide bonds. The van der Waals surface area contributed by atoms with Gasteiger partial charge in [0.25, 0.3) is 5.56 Å². The Hall–Kier alpha value is -2.44. The molecular formula is C21H22N2O2S2. The minimum Gasteiger partial charge on any atom is -0.372 e. The highest BCUT2D eigenvalue weighted by Crippen LogP contribution is 2.15. The van der Waals surface area contributed by atoms with E-state index in [4.69, 9.17) is 0 Å². The molecule has 0 atom stereocenters. The van der Waals surface area contributed by atoms with Crippen molar-refractivity contribution in [1.29, 1.82) is 0 Å². The van der Waals surface area contributed by atoms with E-state index < -0.39 is 0 Å². The standard InChI is InChI=1S/C21H22N2O2S2/c1-4-23(5-2)16-10-8-15(9-11-16)13-19-21(25)22(3)20(27-19)14-17(24)18-7-6-12-26-18/h6-14H,4-5H2,1-3H3/b19-13-,20-14-. The molecule has 2 heterocycles. The summed E-state index contributed by atoms with van der Waals surface area (Å²) >= 11 is 2.74. The molecule has 4 nitrogen and oxygen atoms in total. The number of thiazole rings is 1. The predicted octanol–water partition coefficient (Wildman–Crippen LogP) is 2.85. The zero-order valence-electron chi connectivity index (χ0n) is 15.6. The number of hydrogen-bond acceptors (Lipinski definition) is 5. The van der Waals surface area contributed by atoms with Crippen molar-refractivity contribution in [1.82, 2.24) is 4.57 Å². The first-order valence-corrected chi connectivity index (χ1v) is 10.5. The van der Waals surface area contributed by atoms with Gasteiger partial charge in [-0.15, -0.1) is 22.7 Å². The molecule has 0 unspecified atom stereocenters. The van der Waals surface area contributed by atoms with Gasteiger partial charge in [0.05, 0.1) is 9.41 Å². The number of carbonyl (C=O) groups is 1. The molecule has 0 bridgehead atoms. The topological polar surface area (TPSA) is 42.3 Å². The van der Waals surface area contributed by atoms with E-state index in [2.05, 4.69) is 30.9 Å². The number of carbonyl (C=O) groups excluding carboxylic acids is 1. The summed E-state index contributed by atoms with van der Waals surface area (Å²) in [5.41, 5.74) is 2.06. The van der Waals surface area contributed by atoms with E-state index in [9.17, 15) is 9.59 Å². The number of aromatic nitrogens is 1. The quantitative estimate of drug-likeness (QED) is 0.600. The van der Waals surface area contributed by atoms with Crippen LogP contribution in [0.5, 0.6) is 0 Å². The fourth-order valence-corrected chi connectivity index (χ4v) is 4.50. The van der Waals surface area contributed by atoms with E-state index in [1.807, 2.05) is 29.7 Å². The first kappa shape index (κ1) is 19.3. The van der Waals surface area contributed by atoms with Gasteiger partial charge in [0.2, 0.25) is 0 Å². The highest BCUT2D eigenvalue weighted by atomic mass is 32.1. The summed E-state index contributed by atoms with van der Waals surface area (Å²) in [4.78, 5) is 27.8. The van der Waals surface area contributed by atoms with Crippen LogP contribution >= 0.6 is 22.7 Å². The van der Waals surface area contributed by atoms with Gasteiger partial charge in [0.1, 0.15) is 4.66 Å². The van der Waals surface area contributed by atoms with Gasteiger partial charge in [-0.1, -0.05) is 18.2 Å². The van der Waals surface area contributed by atoms with Crippen molar-refractivity contribution in [3.05, 3.63) is 71.8 Å². The van der Waals surface area contributed by atoms with Gasteiger partial charge in [-0.05, 0) is 49.1 Å². The molecule has 0 saturated heterocycles. The molecule has 0 aliphatic heterocycles. The molecule has 0 aliphatic carbocycles. The summed E-state index contributed by atoms with van der Waals surface area (Å²) in [5, 5.41) is 1.87. The van der Waals surface area contributed by atoms with Crippen LogP contribution in [-0.4, -0.2) is 23.4 Å². The molecule has 3 rings (SSSR count). The van der Waals surface area contributed by atoms with E-state index in [0.29, 0.717) is 14.1 Å². The molecule has 0 saturated carbocycles. The number of anilines is 1. The van der Waals surface area contributed by atoms with Gasteiger partial charge in [-0.3, -0.25) is 9.59 Å². The lowest BCUT2D eigenvalue weighted by molar-refractivity contribution is 0.106. The molecule has 140 valence electrons. The Morgan fingerprint density at radius 3 is 2.44 bits per heavy atom. The number of benzene rings is 1. The third-order valence-corrected chi connectivity index (χ3v) is 6.40. The first-order valence-electron chi connectivity index (χ1n) is 8.85. The lowest BCUT2D eigenvalue weighted by Gasteiger charge is -2.20. The number of thiophene rings is 1. The SMILES string of the molecule is CCN(CC)c1ccc(/C=c2\s/c(=C\C(=O)c3cccs3)n(C)c2=O)cc1. The zero-order valence-corrected chi connectivity index (χ0v) is 17.3. The van der Waals surface area contributed by atoms with Gasteiger partial charge >= 0.3 is 0 Å². The maximum absolute atomic E-state index is 12.5. The Morgan fingerprint density at radius 2 is 1.85 bits per heavy atom. The smallest absolute Gasteiger partial charge is 0.268 e. The van der Waals surface area contributed by atoms with E-state index in [1.165, 1.54) is 32.9 Å². The molecule has 1 aromatic carbocycles. The third-order valence-electron chi connectivity index (χ3n) is 4.40. The Balaban J connectivity index is 1.96. The van der Waals surface area contributed by atoms with Crippen LogP contribution in [0.1, 0.15) is 29.1 Å². The second-order valence-corrected chi connectivity index (χ2v) is 8.07. The van der Waals surface area contributed by atoms with Crippen molar-refractivity contribution in [2.24, 2.45) is 7.05 Å². The summed E-state index contributed by atoms with van der Waals surface area (Å²) in [6.45, 7) is 6.19. The van der Waals surface area contributed by atoms with Crippen LogP contribution < -0.4 is 19.7 Å². The molecule has 6 heteroatoms. The van der Waals surface area contributed by atoms with Crippen molar-refractivity contribution in [2.45, 2.75) is 13.8 Å². The number of hydrogen-bond donors (Lipinski definition) is 0. The maximum Gasteiger partial charge on any atom is 0.268 e. The lowest BCUT2D eigenvalue weighted by Crippen LogP contribution is -2.29. The predicted molar refractivity (Wildman–Crippen MR) is 115 cm³/mol. The zero-order chi connectivity index (χ0) is 19.4. The van der Waals surface area contributed by atoms with Crippen molar-refractivity contribution >= 4 is 46.3 Å². The minimum atomic E-state index is -0.0851. The summed E-state index contributed by atoms with van der Waals surface area (Å²) in [5.74, 6) is -0.0722. The molecule has 0 aliphatic rings. The lowest BCUT2D eigenvalue weighted by atomic mass is 10.2. The second kappa shape index (κ2) is 8.50. The highest BCUT2D eigenvalue weighted by molar-refractivity contribution is 7.12. The molecule has 3 aromatic rings. The summed E-state index contributed by atoms with van der Waals surface area (Å²) < 4.78 is 2.81. The molecule has 0 N–H and O–H groups in total. The summed E-state index contributed by atoms with van der Waals surface area (Å²) in [6, 6.07) is 11.8. The monoisotopic (exact) mass is 398 g/mol. The third kappa shape index (κ3) is 4.28. The molecular weight excluding hydrogens is 376 g/mol. The Labute approximate surface area is 166 Å². The van der Waals surface area contributed by atoms with E-state index in [0.717, 1.165) is 18.7 Å². The van der Waals surface area contributed by atoms with Gasteiger partial charge in [-0.25, -0.2) is 0 Å². The summed E-state index contributed by atoms with van der Waals surface area (Å²) in [7, 11) is 1.70. The molecule has 0 fully saturated rings. The Morgan fingerprint density at radius 1 is 1.15 bits per heavy atom. The Bertz CT molecular complexity index is 1090. The van der Waals surface area contributed by atoms with Crippen LogP contribution in [0.4, 0.5) is 5.69 Å².